The van der Waals surface area contributed by atoms with Gasteiger partial charge >= 0.3 is 0 Å². The van der Waals surface area contributed by atoms with E-state index in [0.29, 0.717) is 37.7 Å². The maximum absolute atomic E-state index is 13.1. The molecule has 1 aliphatic rings. The van der Waals surface area contributed by atoms with Gasteiger partial charge in [-0.15, -0.1) is 0 Å². The van der Waals surface area contributed by atoms with Crippen LogP contribution in [0.4, 0.5) is 0 Å². The fourth-order valence-electron chi connectivity index (χ4n) is 3.65. The molecule has 0 N–H and O–H groups in total. The van der Waals surface area contributed by atoms with E-state index in [9.17, 15) is 13.2 Å². The Balaban J connectivity index is 2.31. The van der Waals surface area contributed by atoms with E-state index in [1.807, 2.05) is 18.7 Å². The van der Waals surface area contributed by atoms with Crippen molar-refractivity contribution in [3.8, 4) is 0 Å². The third kappa shape index (κ3) is 4.58. The summed E-state index contributed by atoms with van der Waals surface area (Å²) in [4.78, 5) is 15.1. The van der Waals surface area contributed by atoms with Crippen molar-refractivity contribution < 1.29 is 17.9 Å². The van der Waals surface area contributed by atoms with Gasteiger partial charge in [0.1, 0.15) is 11.4 Å². The van der Waals surface area contributed by atoms with E-state index in [4.69, 9.17) is 4.74 Å². The topological polar surface area (TPSA) is 84.7 Å². The number of hydrogen-bond acceptors (Lipinski definition) is 5. The number of nitrogens with zero attached hydrogens (tertiary/aromatic N) is 4. The molecule has 1 aromatic heterocycles. The molecule has 2 rings (SSSR count). The molecule has 1 fully saturated rings. The molecule has 0 aromatic carbocycles. The molecule has 160 valence electrons. The summed E-state index contributed by atoms with van der Waals surface area (Å²) < 4.78 is 34.4. The maximum atomic E-state index is 13.1. The minimum absolute atomic E-state index is 0.0374. The monoisotopic (exact) mass is 414 g/mol. The quantitative estimate of drug-likeness (QED) is 0.649. The summed E-state index contributed by atoms with van der Waals surface area (Å²) in [7, 11) is -3.66. The molecule has 1 aromatic rings. The second-order valence-electron chi connectivity index (χ2n) is 7.49. The van der Waals surface area contributed by atoms with Crippen LogP contribution in [0.15, 0.2) is 4.90 Å². The Labute approximate surface area is 168 Å². The number of morpholine rings is 1. The Morgan fingerprint density at radius 3 is 2.18 bits per heavy atom. The third-order valence-electron chi connectivity index (χ3n) is 5.59. The summed E-state index contributed by atoms with van der Waals surface area (Å²) in [5, 5.41) is 4.40. The molecule has 1 amide bonds. The van der Waals surface area contributed by atoms with Gasteiger partial charge in [0.15, 0.2) is 0 Å². The lowest BCUT2D eigenvalue weighted by atomic mass is 10.1. The Kier molecular flexibility index (Phi) is 7.64. The van der Waals surface area contributed by atoms with Crippen molar-refractivity contribution in [3.05, 3.63) is 11.4 Å². The molecule has 0 bridgehead atoms. The van der Waals surface area contributed by atoms with Crippen LogP contribution in [0, 0.1) is 13.8 Å². The van der Waals surface area contributed by atoms with E-state index in [0.717, 1.165) is 12.8 Å². The third-order valence-corrected chi connectivity index (χ3v) is 7.74. The van der Waals surface area contributed by atoms with Crippen molar-refractivity contribution in [2.45, 2.75) is 77.9 Å². The van der Waals surface area contributed by atoms with E-state index < -0.39 is 10.0 Å². The number of hydrogen-bond donors (Lipinski definition) is 0. The van der Waals surface area contributed by atoms with Gasteiger partial charge in [-0.05, 0) is 40.5 Å². The maximum Gasteiger partial charge on any atom is 0.246 e. The first kappa shape index (κ1) is 22.8. The molecule has 0 unspecified atom stereocenters. The number of amides is 1. The van der Waals surface area contributed by atoms with Crippen molar-refractivity contribution in [1.82, 2.24) is 19.0 Å². The van der Waals surface area contributed by atoms with Gasteiger partial charge in [0, 0.05) is 25.2 Å². The van der Waals surface area contributed by atoms with Gasteiger partial charge in [-0.25, -0.2) is 8.42 Å². The van der Waals surface area contributed by atoms with E-state index in [1.165, 1.54) is 8.99 Å². The second-order valence-corrected chi connectivity index (χ2v) is 9.36. The molecule has 1 aliphatic heterocycles. The highest BCUT2D eigenvalue weighted by Crippen LogP contribution is 2.24. The first-order valence-corrected chi connectivity index (χ1v) is 11.5. The number of carbonyl (C=O) groups is 1. The Hall–Kier alpha value is -1.45. The largest absolute Gasteiger partial charge is 0.379 e. The number of ether oxygens (including phenoxy) is 1. The first-order valence-electron chi connectivity index (χ1n) is 10.1. The molecule has 0 radical (unpaired) electrons. The first-order chi connectivity index (χ1) is 13.1. The summed E-state index contributed by atoms with van der Waals surface area (Å²) in [6.07, 6.45) is 1.73. The van der Waals surface area contributed by atoms with Crippen molar-refractivity contribution in [2.75, 3.05) is 26.3 Å². The van der Waals surface area contributed by atoms with Gasteiger partial charge in [0.25, 0.3) is 0 Å². The molecular formula is C19H34N4O4S. The Morgan fingerprint density at radius 2 is 1.68 bits per heavy atom. The highest BCUT2D eigenvalue weighted by Gasteiger charge is 2.33. The number of rotatable bonds is 8. The summed E-state index contributed by atoms with van der Waals surface area (Å²) in [5.41, 5.74) is 0.931. The molecule has 2 heterocycles. The lowest BCUT2D eigenvalue weighted by molar-refractivity contribution is -0.136. The van der Waals surface area contributed by atoms with E-state index in [1.54, 1.807) is 13.8 Å². The zero-order chi connectivity index (χ0) is 21.1. The van der Waals surface area contributed by atoms with Crippen LogP contribution in [0.3, 0.4) is 0 Å². The summed E-state index contributed by atoms with van der Waals surface area (Å²) in [6.45, 7) is 13.1. The molecule has 1 saturated heterocycles. The van der Waals surface area contributed by atoms with Crippen LogP contribution in [0.5, 0.6) is 0 Å². The van der Waals surface area contributed by atoms with Gasteiger partial charge in [-0.3, -0.25) is 9.48 Å². The van der Waals surface area contributed by atoms with Gasteiger partial charge < -0.3 is 9.64 Å². The fraction of sp³-hybridized carbons (Fsp3) is 0.789. The van der Waals surface area contributed by atoms with E-state index in [-0.39, 0.29) is 29.4 Å². The summed E-state index contributed by atoms with van der Waals surface area (Å²) >= 11 is 0. The SMILES string of the molecule is CC[C@H](C)N(C(=O)Cn1nc(C)c(S(=O)(=O)N2CCOCC2)c1C)[C@@H](C)CC. The Bertz CT molecular complexity index is 774. The van der Waals surface area contributed by atoms with E-state index in [2.05, 4.69) is 18.9 Å². The van der Waals surface area contributed by atoms with Crippen LogP contribution in [-0.2, 0) is 26.1 Å². The van der Waals surface area contributed by atoms with Crippen LogP contribution in [-0.4, -0.2) is 71.7 Å². The predicted octanol–water partition coefficient (Wildman–Crippen LogP) is 1.95. The van der Waals surface area contributed by atoms with Crippen molar-refractivity contribution in [1.29, 1.82) is 0 Å². The molecular weight excluding hydrogens is 380 g/mol. The highest BCUT2D eigenvalue weighted by molar-refractivity contribution is 7.89. The number of sulfonamides is 1. The normalized spacial score (nSPS) is 18.1. The molecule has 9 heteroatoms. The van der Waals surface area contributed by atoms with E-state index >= 15 is 0 Å². The summed E-state index contributed by atoms with van der Waals surface area (Å²) in [6, 6.07) is 0.243. The van der Waals surface area contributed by atoms with Crippen LogP contribution >= 0.6 is 0 Å². The fourth-order valence-corrected chi connectivity index (χ4v) is 5.43. The van der Waals surface area contributed by atoms with Gasteiger partial charge in [-0.1, -0.05) is 13.8 Å². The average Bonchev–Trinajstić information content (AvgIpc) is 2.95. The predicted molar refractivity (Wildman–Crippen MR) is 108 cm³/mol. The molecule has 8 nitrogen and oxygen atoms in total. The molecule has 0 spiro atoms. The van der Waals surface area contributed by atoms with Gasteiger partial charge in [0.05, 0.1) is 24.6 Å². The molecule has 0 aliphatic carbocycles. The smallest absolute Gasteiger partial charge is 0.246 e. The number of aryl methyl sites for hydroxylation is 1. The van der Waals surface area contributed by atoms with Crippen LogP contribution < -0.4 is 0 Å². The highest BCUT2D eigenvalue weighted by atomic mass is 32.2. The molecule has 2 atom stereocenters. The minimum Gasteiger partial charge on any atom is -0.379 e. The number of aromatic nitrogens is 2. The lowest BCUT2D eigenvalue weighted by Gasteiger charge is -2.34. The summed E-state index contributed by atoms with van der Waals surface area (Å²) in [5.74, 6) is -0.0374. The van der Waals surface area contributed by atoms with Crippen LogP contribution in [0.2, 0.25) is 0 Å². The van der Waals surface area contributed by atoms with Crippen molar-refractivity contribution >= 4 is 15.9 Å². The van der Waals surface area contributed by atoms with Gasteiger partial charge in [0.2, 0.25) is 15.9 Å². The second kappa shape index (κ2) is 9.37. The molecule has 28 heavy (non-hydrogen) atoms. The van der Waals surface area contributed by atoms with Gasteiger partial charge in [-0.2, -0.15) is 9.40 Å². The lowest BCUT2D eigenvalue weighted by Crippen LogP contribution is -2.46. The standard InChI is InChI=1S/C19H34N4O4S/c1-7-14(3)23(15(4)8-2)18(24)13-22-17(6)19(16(5)20-22)28(25,26)21-9-11-27-12-10-21/h14-15H,7-13H2,1-6H3/t14-,15-/m0/s1. The average molecular weight is 415 g/mol. The van der Waals surface area contributed by atoms with Crippen molar-refractivity contribution in [2.24, 2.45) is 0 Å². The number of carbonyl (C=O) groups excluding carboxylic acids is 1. The minimum atomic E-state index is -3.66. The van der Waals surface area contributed by atoms with Crippen LogP contribution in [0.1, 0.15) is 51.9 Å². The zero-order valence-corrected chi connectivity index (χ0v) is 18.8. The molecule has 0 saturated carbocycles. The van der Waals surface area contributed by atoms with Crippen LogP contribution in [0.25, 0.3) is 0 Å². The van der Waals surface area contributed by atoms with Crippen molar-refractivity contribution in [3.63, 3.8) is 0 Å². The zero-order valence-electron chi connectivity index (χ0n) is 17.9. The Morgan fingerprint density at radius 1 is 1.14 bits per heavy atom.